The molecule has 1 aromatic heterocycles. The first kappa shape index (κ1) is 22.5. The molecule has 0 N–H and O–H groups in total. The van der Waals surface area contributed by atoms with Gasteiger partial charge in [-0.15, -0.1) is 0 Å². The van der Waals surface area contributed by atoms with Crippen molar-refractivity contribution in [1.29, 1.82) is 0 Å². The van der Waals surface area contributed by atoms with Crippen LogP contribution in [0.15, 0.2) is 116 Å². The maximum Gasteiger partial charge on any atom is 0.0346 e. The third kappa shape index (κ3) is 4.16. The van der Waals surface area contributed by atoms with Crippen molar-refractivity contribution in [2.75, 3.05) is 0 Å². The number of hydrogen-bond donors (Lipinski definition) is 0. The van der Waals surface area contributed by atoms with Gasteiger partial charge in [0.05, 0.1) is 0 Å². The summed E-state index contributed by atoms with van der Waals surface area (Å²) in [6, 6.07) is 37.3. The first-order valence-corrected chi connectivity index (χ1v) is 13.0. The summed E-state index contributed by atoms with van der Waals surface area (Å²) in [7, 11) is 0. The van der Waals surface area contributed by atoms with Gasteiger partial charge in [0.2, 0.25) is 0 Å². The molecule has 0 aliphatic heterocycles. The molecule has 6 aromatic rings. The molecule has 2 unspecified atom stereocenters. The summed E-state index contributed by atoms with van der Waals surface area (Å²) >= 11 is 0. The molecule has 2 atom stereocenters. The highest BCUT2D eigenvalue weighted by atomic mass is 14.6. The summed E-state index contributed by atoms with van der Waals surface area (Å²) < 4.78 is 0. The van der Waals surface area contributed by atoms with E-state index >= 15 is 0 Å². The fraction of sp³-hybridized carbons (Fsp3) is 0.171. The smallest absolute Gasteiger partial charge is 0.0346 e. The van der Waals surface area contributed by atoms with Gasteiger partial charge < -0.3 is 0 Å². The zero-order valence-corrected chi connectivity index (χ0v) is 21.0. The highest BCUT2D eigenvalue weighted by Crippen LogP contribution is 2.44. The molecular formula is C35H31N. The van der Waals surface area contributed by atoms with Crippen molar-refractivity contribution in [1.82, 2.24) is 4.98 Å². The molecule has 0 radical (unpaired) electrons. The van der Waals surface area contributed by atoms with Crippen molar-refractivity contribution in [3.63, 3.8) is 0 Å². The summed E-state index contributed by atoms with van der Waals surface area (Å²) in [4.78, 5) is 4.01. The second-order valence-electron chi connectivity index (χ2n) is 10.2. The number of aryl methyl sites for hydroxylation is 1. The zero-order chi connectivity index (χ0) is 24.5. The van der Waals surface area contributed by atoms with E-state index in [-0.39, 0.29) is 0 Å². The van der Waals surface area contributed by atoms with E-state index in [4.69, 9.17) is 0 Å². The van der Waals surface area contributed by atoms with Crippen molar-refractivity contribution in [3.05, 3.63) is 138 Å². The fourth-order valence-electron chi connectivity index (χ4n) is 6.01. The van der Waals surface area contributed by atoms with Gasteiger partial charge in [-0.05, 0) is 86.3 Å². The van der Waals surface area contributed by atoms with Crippen LogP contribution in [0.25, 0.3) is 32.3 Å². The Kier molecular flexibility index (Phi) is 5.99. The lowest BCUT2D eigenvalue weighted by Crippen LogP contribution is -2.18. The molecular weight excluding hydrogens is 434 g/mol. The Balaban J connectivity index is 0.000000200. The van der Waals surface area contributed by atoms with Gasteiger partial charge in [-0.3, -0.25) is 4.98 Å². The summed E-state index contributed by atoms with van der Waals surface area (Å²) in [5.74, 6) is 1.23. The molecule has 7 rings (SSSR count). The number of nitrogens with zero attached hydrogens (tertiary/aromatic N) is 1. The van der Waals surface area contributed by atoms with Crippen LogP contribution in [-0.4, -0.2) is 4.98 Å². The Morgan fingerprint density at radius 2 is 1.36 bits per heavy atom. The van der Waals surface area contributed by atoms with E-state index in [2.05, 4.69) is 104 Å². The van der Waals surface area contributed by atoms with Gasteiger partial charge in [0.1, 0.15) is 0 Å². The van der Waals surface area contributed by atoms with Crippen LogP contribution in [0.3, 0.4) is 0 Å². The summed E-state index contributed by atoms with van der Waals surface area (Å²) in [6.07, 6.45) is 6.11. The lowest BCUT2D eigenvalue weighted by Gasteiger charge is -2.32. The van der Waals surface area contributed by atoms with E-state index in [1.54, 1.807) is 11.1 Å². The maximum absolute atomic E-state index is 4.01. The molecule has 1 aliphatic carbocycles. The summed E-state index contributed by atoms with van der Waals surface area (Å²) in [5.41, 5.74) is 5.95. The molecule has 0 saturated heterocycles. The second kappa shape index (κ2) is 9.59. The lowest BCUT2D eigenvalue weighted by molar-refractivity contribution is 0.467. The Labute approximate surface area is 213 Å². The SMILES string of the molecule is Cc1cc2c3c(ccc2c2ccccc12)CC(C)CC3c1ccccc1.c1ccc2cnccc2c1. The monoisotopic (exact) mass is 465 g/mol. The van der Waals surface area contributed by atoms with Crippen LogP contribution in [0, 0.1) is 12.8 Å². The van der Waals surface area contributed by atoms with Crippen molar-refractivity contribution in [2.45, 2.75) is 32.6 Å². The van der Waals surface area contributed by atoms with Gasteiger partial charge in [0.25, 0.3) is 0 Å². The molecule has 0 fully saturated rings. The van der Waals surface area contributed by atoms with Crippen LogP contribution >= 0.6 is 0 Å². The van der Waals surface area contributed by atoms with Crippen LogP contribution in [0.2, 0.25) is 0 Å². The van der Waals surface area contributed by atoms with E-state index in [1.807, 2.05) is 30.6 Å². The Morgan fingerprint density at radius 1 is 0.667 bits per heavy atom. The van der Waals surface area contributed by atoms with Gasteiger partial charge in [-0.2, -0.15) is 0 Å². The van der Waals surface area contributed by atoms with E-state index in [1.165, 1.54) is 56.3 Å². The number of benzene rings is 5. The topological polar surface area (TPSA) is 12.9 Å². The molecule has 36 heavy (non-hydrogen) atoms. The number of pyridine rings is 1. The Hall–Kier alpha value is -3.97. The van der Waals surface area contributed by atoms with E-state index in [0.717, 1.165) is 5.92 Å². The number of hydrogen-bond acceptors (Lipinski definition) is 1. The Morgan fingerprint density at radius 3 is 2.17 bits per heavy atom. The molecule has 1 heteroatoms. The average Bonchev–Trinajstić information content (AvgIpc) is 2.93. The van der Waals surface area contributed by atoms with Crippen LogP contribution in [0.4, 0.5) is 0 Å². The molecule has 0 bridgehead atoms. The normalized spacial score (nSPS) is 16.9. The van der Waals surface area contributed by atoms with E-state index in [9.17, 15) is 0 Å². The molecule has 5 aromatic carbocycles. The van der Waals surface area contributed by atoms with Crippen LogP contribution < -0.4 is 0 Å². The predicted octanol–water partition coefficient (Wildman–Crippen LogP) is 9.25. The van der Waals surface area contributed by atoms with Gasteiger partial charge in [-0.1, -0.05) is 104 Å². The Bertz CT molecular complexity index is 1600. The van der Waals surface area contributed by atoms with Crippen LogP contribution in [0.1, 0.15) is 41.5 Å². The quantitative estimate of drug-likeness (QED) is 0.220. The second-order valence-corrected chi connectivity index (χ2v) is 10.2. The lowest BCUT2D eigenvalue weighted by atomic mass is 9.72. The molecule has 1 heterocycles. The third-order valence-corrected chi connectivity index (χ3v) is 7.69. The highest BCUT2D eigenvalue weighted by Gasteiger charge is 2.28. The fourth-order valence-corrected chi connectivity index (χ4v) is 6.01. The largest absolute Gasteiger partial charge is 0.264 e. The average molecular weight is 466 g/mol. The van der Waals surface area contributed by atoms with Crippen molar-refractivity contribution < 1.29 is 0 Å². The minimum atomic E-state index is 0.499. The minimum absolute atomic E-state index is 0.499. The van der Waals surface area contributed by atoms with Crippen LogP contribution in [0.5, 0.6) is 0 Å². The van der Waals surface area contributed by atoms with E-state index in [0.29, 0.717) is 5.92 Å². The minimum Gasteiger partial charge on any atom is -0.264 e. The highest BCUT2D eigenvalue weighted by molar-refractivity contribution is 6.10. The molecule has 0 amide bonds. The molecule has 0 spiro atoms. The van der Waals surface area contributed by atoms with Gasteiger partial charge in [0.15, 0.2) is 0 Å². The maximum atomic E-state index is 4.01. The van der Waals surface area contributed by atoms with Crippen molar-refractivity contribution in [2.24, 2.45) is 5.92 Å². The van der Waals surface area contributed by atoms with Gasteiger partial charge >= 0.3 is 0 Å². The molecule has 1 nitrogen and oxygen atoms in total. The van der Waals surface area contributed by atoms with Crippen LogP contribution in [-0.2, 0) is 6.42 Å². The number of aromatic nitrogens is 1. The zero-order valence-electron chi connectivity index (χ0n) is 21.0. The van der Waals surface area contributed by atoms with Gasteiger partial charge in [0, 0.05) is 18.3 Å². The molecule has 0 saturated carbocycles. The van der Waals surface area contributed by atoms with Crippen molar-refractivity contribution in [3.8, 4) is 0 Å². The third-order valence-electron chi connectivity index (χ3n) is 7.69. The van der Waals surface area contributed by atoms with Crippen molar-refractivity contribution >= 4 is 32.3 Å². The first-order valence-electron chi connectivity index (χ1n) is 13.0. The van der Waals surface area contributed by atoms with E-state index < -0.39 is 0 Å². The molecule has 176 valence electrons. The number of fused-ring (bicyclic) bond motifs is 6. The predicted molar refractivity (Wildman–Crippen MR) is 154 cm³/mol. The number of rotatable bonds is 1. The van der Waals surface area contributed by atoms with Gasteiger partial charge in [-0.25, -0.2) is 0 Å². The summed E-state index contributed by atoms with van der Waals surface area (Å²) in [5, 5.41) is 8.07. The summed E-state index contributed by atoms with van der Waals surface area (Å²) in [6.45, 7) is 4.65. The standard InChI is InChI=1S/C26H24.C9H7N/c1-17-14-20-12-13-23-22-11-7-6-10-21(22)18(2)16-25(23)26(20)24(15-17)19-8-4-3-5-9-19;1-2-4-9-7-10-6-5-8(9)3-1/h3-13,16-17,24H,14-15H2,1-2H3;1-7H. The molecule has 1 aliphatic rings. The first-order chi connectivity index (χ1) is 17.7.